The van der Waals surface area contributed by atoms with Crippen molar-refractivity contribution in [3.63, 3.8) is 0 Å². The lowest BCUT2D eigenvalue weighted by atomic mass is 9.98. The fourth-order valence-electron chi connectivity index (χ4n) is 2.98. The van der Waals surface area contributed by atoms with E-state index < -0.39 is 16.0 Å². The summed E-state index contributed by atoms with van der Waals surface area (Å²) in [6.07, 6.45) is 1.26. The van der Waals surface area contributed by atoms with Crippen molar-refractivity contribution >= 4 is 32.9 Å². The zero-order valence-corrected chi connectivity index (χ0v) is 15.3. The first-order valence-electron chi connectivity index (χ1n) is 8.46. The van der Waals surface area contributed by atoms with E-state index in [2.05, 4.69) is 10.2 Å². The van der Waals surface area contributed by atoms with Crippen LogP contribution in [0.4, 0.5) is 11.4 Å². The lowest BCUT2D eigenvalue weighted by molar-refractivity contribution is 0.482. The van der Waals surface area contributed by atoms with E-state index in [9.17, 15) is 13.5 Å². The molecule has 26 heavy (non-hydrogen) atoms. The van der Waals surface area contributed by atoms with Crippen LogP contribution in [0, 0.1) is 0 Å². The predicted octanol–water partition coefficient (Wildman–Crippen LogP) is 5.41. The summed E-state index contributed by atoms with van der Waals surface area (Å²) in [5.41, 5.74) is 1.57. The number of aromatic hydroxyl groups is 1. The molecule has 5 nitrogen and oxygen atoms in total. The van der Waals surface area contributed by atoms with E-state index in [-0.39, 0.29) is 11.4 Å². The normalized spacial score (nSPS) is 12.8. The quantitative estimate of drug-likeness (QED) is 0.451. The van der Waals surface area contributed by atoms with Gasteiger partial charge in [0.05, 0.1) is 10.9 Å². The zero-order valence-electron chi connectivity index (χ0n) is 14.4. The van der Waals surface area contributed by atoms with Crippen molar-refractivity contribution in [2.24, 2.45) is 10.2 Å². The van der Waals surface area contributed by atoms with Crippen molar-refractivity contribution in [1.82, 2.24) is 0 Å². The summed E-state index contributed by atoms with van der Waals surface area (Å²) in [5, 5.41) is 19.6. The lowest BCUT2D eigenvalue weighted by Gasteiger charge is -2.15. The Balaban J connectivity index is 2.18. The molecule has 0 aliphatic heterocycles. The van der Waals surface area contributed by atoms with Crippen LogP contribution in [0.1, 0.15) is 30.6 Å². The molecule has 3 aromatic carbocycles. The number of hydrogen-bond acceptors (Lipinski definition) is 5. The minimum atomic E-state index is -2.65. The van der Waals surface area contributed by atoms with Gasteiger partial charge in [0, 0.05) is 5.39 Å². The van der Waals surface area contributed by atoms with Crippen molar-refractivity contribution in [1.29, 1.82) is 0 Å². The van der Waals surface area contributed by atoms with Crippen LogP contribution in [0.3, 0.4) is 0 Å². The summed E-state index contributed by atoms with van der Waals surface area (Å²) in [6.45, 7) is 1.95. The average molecular weight is 368 g/mol. The molecule has 0 amide bonds. The first-order chi connectivity index (χ1) is 12.6. The Kier molecular flexibility index (Phi) is 5.63. The van der Waals surface area contributed by atoms with Gasteiger partial charge in [0.15, 0.2) is 5.75 Å². The highest BCUT2D eigenvalue weighted by molar-refractivity contribution is 7.72. The van der Waals surface area contributed by atoms with Gasteiger partial charge in [0.2, 0.25) is 0 Å². The van der Waals surface area contributed by atoms with Crippen molar-refractivity contribution in [3.05, 3.63) is 66.2 Å². The lowest BCUT2D eigenvalue weighted by Crippen LogP contribution is -2.01. The molecule has 1 unspecified atom stereocenters. The molecule has 6 heteroatoms. The molecule has 0 aliphatic carbocycles. The van der Waals surface area contributed by atoms with Gasteiger partial charge in [-0.1, -0.05) is 55.8 Å². The Morgan fingerprint density at radius 1 is 0.962 bits per heavy atom. The van der Waals surface area contributed by atoms with E-state index in [0.717, 1.165) is 11.8 Å². The van der Waals surface area contributed by atoms with Gasteiger partial charge < -0.3 is 5.11 Å². The third-order valence-electron chi connectivity index (χ3n) is 4.23. The fourth-order valence-corrected chi connectivity index (χ4v) is 3.89. The summed E-state index contributed by atoms with van der Waals surface area (Å²) in [4.78, 5) is 0. The minimum absolute atomic E-state index is 0.000375. The van der Waals surface area contributed by atoms with Crippen LogP contribution < -0.4 is 0 Å². The number of azo groups is 1. The molecule has 0 spiro atoms. The number of phenolic OH excluding ortho intramolecular Hbond substituents is 1. The second-order valence-electron chi connectivity index (χ2n) is 6.00. The molecule has 0 fully saturated rings. The smallest absolute Gasteiger partial charge is 0.150 e. The topological polar surface area (TPSA) is 79.1 Å². The number of fused-ring (bicyclic) bond motifs is 1. The van der Waals surface area contributed by atoms with Crippen LogP contribution in [0.25, 0.3) is 10.8 Å². The minimum Gasteiger partial charge on any atom is -0.505 e. The standard InChI is InChI=1S/C20H20N2O3S/c1-2-8-19(26(24)25)17-13-18(22-21-14-9-4-3-5-10-14)20(23)16-12-7-6-11-15(16)17/h3-7,9-13,19,23,26H,2,8H2,1H3. The van der Waals surface area contributed by atoms with Crippen LogP contribution in [-0.4, -0.2) is 13.5 Å². The Hall–Kier alpha value is -2.73. The SMILES string of the molecule is CCCC(c1cc(N=Nc2ccccc2)c(O)c2ccccc12)[SH](=O)=O. The van der Waals surface area contributed by atoms with Gasteiger partial charge in [-0.15, -0.1) is 5.11 Å². The van der Waals surface area contributed by atoms with Gasteiger partial charge in [0.1, 0.15) is 16.4 Å². The monoisotopic (exact) mass is 368 g/mol. The molecule has 134 valence electrons. The molecule has 0 saturated carbocycles. The Bertz CT molecular complexity index is 1010. The van der Waals surface area contributed by atoms with E-state index in [1.165, 1.54) is 0 Å². The van der Waals surface area contributed by atoms with Gasteiger partial charge in [-0.2, -0.15) is 5.11 Å². The fraction of sp³-hybridized carbons (Fsp3) is 0.200. The van der Waals surface area contributed by atoms with Crippen LogP contribution >= 0.6 is 0 Å². The Labute approximate surface area is 154 Å². The van der Waals surface area contributed by atoms with Crippen LogP contribution in [0.15, 0.2) is 70.9 Å². The number of hydrogen-bond donors (Lipinski definition) is 2. The zero-order chi connectivity index (χ0) is 18.5. The number of thiol groups is 1. The van der Waals surface area contributed by atoms with Crippen LogP contribution in [0.5, 0.6) is 5.75 Å². The van der Waals surface area contributed by atoms with Gasteiger partial charge in [-0.25, -0.2) is 8.42 Å². The van der Waals surface area contributed by atoms with E-state index in [1.54, 1.807) is 30.3 Å². The maximum atomic E-state index is 11.8. The molecular formula is C20H20N2O3S. The molecule has 0 aliphatic rings. The Morgan fingerprint density at radius 3 is 2.27 bits per heavy atom. The Morgan fingerprint density at radius 2 is 1.62 bits per heavy atom. The van der Waals surface area contributed by atoms with E-state index in [1.807, 2.05) is 37.3 Å². The molecule has 0 radical (unpaired) electrons. The van der Waals surface area contributed by atoms with Crippen LogP contribution in [-0.2, 0) is 10.7 Å². The van der Waals surface area contributed by atoms with Crippen molar-refractivity contribution in [2.75, 3.05) is 0 Å². The second kappa shape index (κ2) is 8.10. The summed E-state index contributed by atoms with van der Waals surface area (Å²) in [7, 11) is -2.65. The van der Waals surface area contributed by atoms with E-state index >= 15 is 0 Å². The first kappa shape index (κ1) is 18.1. The van der Waals surface area contributed by atoms with Gasteiger partial charge in [0.25, 0.3) is 0 Å². The number of rotatable bonds is 6. The van der Waals surface area contributed by atoms with E-state index in [4.69, 9.17) is 0 Å². The first-order valence-corrected chi connectivity index (χ1v) is 9.71. The van der Waals surface area contributed by atoms with Crippen LogP contribution in [0.2, 0.25) is 0 Å². The highest BCUT2D eigenvalue weighted by Gasteiger charge is 2.20. The molecule has 0 bridgehead atoms. The third-order valence-corrected chi connectivity index (χ3v) is 5.28. The van der Waals surface area contributed by atoms with Crippen molar-refractivity contribution in [2.45, 2.75) is 25.0 Å². The summed E-state index contributed by atoms with van der Waals surface area (Å²) < 4.78 is 23.7. The van der Waals surface area contributed by atoms with Gasteiger partial charge in [-0.05, 0) is 35.6 Å². The van der Waals surface area contributed by atoms with Crippen molar-refractivity contribution < 1.29 is 13.5 Å². The second-order valence-corrected chi connectivity index (χ2v) is 7.20. The molecule has 1 N–H and O–H groups in total. The number of benzene rings is 3. The van der Waals surface area contributed by atoms with Gasteiger partial charge in [-0.3, -0.25) is 0 Å². The maximum absolute atomic E-state index is 11.8. The molecule has 3 rings (SSSR count). The number of nitrogens with zero attached hydrogens (tertiary/aromatic N) is 2. The van der Waals surface area contributed by atoms with Gasteiger partial charge >= 0.3 is 0 Å². The molecule has 0 heterocycles. The highest BCUT2D eigenvalue weighted by atomic mass is 32.2. The largest absolute Gasteiger partial charge is 0.505 e. The molecule has 3 aromatic rings. The summed E-state index contributed by atoms with van der Waals surface area (Å²) in [6, 6.07) is 18.0. The highest BCUT2D eigenvalue weighted by Crippen LogP contribution is 2.41. The van der Waals surface area contributed by atoms with E-state index in [0.29, 0.717) is 23.1 Å². The molecular weight excluding hydrogens is 348 g/mol. The molecule has 0 saturated heterocycles. The third kappa shape index (κ3) is 3.75. The van der Waals surface area contributed by atoms with Crippen molar-refractivity contribution in [3.8, 4) is 5.75 Å². The summed E-state index contributed by atoms with van der Waals surface area (Å²) in [5.74, 6) is 0.000375. The number of phenols is 1. The maximum Gasteiger partial charge on any atom is 0.150 e. The molecule has 0 aromatic heterocycles. The summed E-state index contributed by atoms with van der Waals surface area (Å²) >= 11 is 0. The average Bonchev–Trinajstić information content (AvgIpc) is 2.67. The molecule has 1 atom stereocenters. The predicted molar refractivity (Wildman–Crippen MR) is 104 cm³/mol.